The van der Waals surface area contributed by atoms with Crippen LogP contribution in [-0.4, -0.2) is 30.4 Å². The van der Waals surface area contributed by atoms with Crippen LogP contribution >= 0.6 is 0 Å². The fourth-order valence-electron chi connectivity index (χ4n) is 1.88. The van der Waals surface area contributed by atoms with E-state index in [1.807, 2.05) is 0 Å². The molecule has 1 saturated carbocycles. The highest BCUT2D eigenvalue weighted by atomic mass is 16.2. The molecule has 4 nitrogen and oxygen atoms in total. The van der Waals surface area contributed by atoms with E-state index >= 15 is 0 Å². The first-order valence-corrected chi connectivity index (χ1v) is 4.22. The van der Waals surface area contributed by atoms with Gasteiger partial charge in [0.25, 0.3) is 0 Å². The van der Waals surface area contributed by atoms with Gasteiger partial charge in [-0.1, -0.05) is 6.42 Å². The van der Waals surface area contributed by atoms with Gasteiger partial charge in [-0.05, 0) is 12.8 Å². The monoisotopic (exact) mass is 168 g/mol. The van der Waals surface area contributed by atoms with Crippen LogP contribution in [0.25, 0.3) is 0 Å². The second kappa shape index (κ2) is 2.21. The van der Waals surface area contributed by atoms with Crippen molar-refractivity contribution in [2.75, 3.05) is 13.6 Å². The highest BCUT2D eigenvalue weighted by Crippen LogP contribution is 2.43. The average Bonchev–Trinajstić information content (AvgIpc) is 1.98. The number of nitrogens with zero attached hydrogens (tertiary/aromatic N) is 1. The van der Waals surface area contributed by atoms with E-state index in [2.05, 4.69) is 5.32 Å². The van der Waals surface area contributed by atoms with Crippen LogP contribution in [-0.2, 0) is 4.79 Å². The Kier molecular flexibility index (Phi) is 1.40. The second-order valence-corrected chi connectivity index (χ2v) is 3.66. The third kappa shape index (κ3) is 0.777. The largest absolute Gasteiger partial charge is 0.337 e. The number of amides is 3. The van der Waals surface area contributed by atoms with Gasteiger partial charge in [0.15, 0.2) is 0 Å². The first kappa shape index (κ1) is 7.58. The summed E-state index contributed by atoms with van der Waals surface area (Å²) < 4.78 is 0. The number of nitrogens with one attached hydrogen (secondary N) is 1. The zero-order valence-electron chi connectivity index (χ0n) is 7.09. The Hall–Kier alpha value is -1.06. The fraction of sp³-hybridized carbons (Fsp3) is 0.750. The maximum absolute atomic E-state index is 11.6. The third-order valence-corrected chi connectivity index (χ3v) is 2.95. The van der Waals surface area contributed by atoms with Gasteiger partial charge in [-0.15, -0.1) is 0 Å². The molecule has 2 rings (SSSR count). The van der Waals surface area contributed by atoms with E-state index in [4.69, 9.17) is 0 Å². The van der Waals surface area contributed by atoms with Crippen molar-refractivity contribution < 1.29 is 9.59 Å². The molecule has 2 fully saturated rings. The molecule has 0 aromatic carbocycles. The van der Waals surface area contributed by atoms with Crippen molar-refractivity contribution in [2.24, 2.45) is 5.41 Å². The summed E-state index contributed by atoms with van der Waals surface area (Å²) in [5.41, 5.74) is -0.233. The molecule has 2 aliphatic rings. The molecule has 1 heterocycles. The number of hydrogen-bond donors (Lipinski definition) is 1. The van der Waals surface area contributed by atoms with Crippen LogP contribution in [0.3, 0.4) is 0 Å². The summed E-state index contributed by atoms with van der Waals surface area (Å²) in [5.74, 6) is -0.00231. The fourth-order valence-corrected chi connectivity index (χ4v) is 1.88. The van der Waals surface area contributed by atoms with E-state index in [9.17, 15) is 9.59 Å². The Balaban J connectivity index is 2.20. The average molecular weight is 168 g/mol. The van der Waals surface area contributed by atoms with Gasteiger partial charge in [0.1, 0.15) is 0 Å². The van der Waals surface area contributed by atoms with Gasteiger partial charge in [0, 0.05) is 13.6 Å². The van der Waals surface area contributed by atoms with Crippen molar-refractivity contribution in [3.63, 3.8) is 0 Å². The third-order valence-electron chi connectivity index (χ3n) is 2.95. The normalized spacial score (nSPS) is 26.9. The molecule has 4 heteroatoms. The lowest BCUT2D eigenvalue weighted by Gasteiger charge is -2.45. The molecule has 0 radical (unpaired) electrons. The number of carbonyl (C=O) groups is 2. The van der Waals surface area contributed by atoms with Gasteiger partial charge >= 0.3 is 6.03 Å². The van der Waals surface area contributed by atoms with Crippen LogP contribution in [0.4, 0.5) is 4.79 Å². The number of hydrogen-bond acceptors (Lipinski definition) is 2. The van der Waals surface area contributed by atoms with Crippen molar-refractivity contribution >= 4 is 11.9 Å². The number of carbonyl (C=O) groups excluding carboxylic acids is 2. The first-order chi connectivity index (χ1) is 5.66. The molecule has 3 amide bonds. The molecule has 0 unspecified atom stereocenters. The molecule has 12 heavy (non-hydrogen) atoms. The minimum absolute atomic E-state index is 0.00231. The Morgan fingerprint density at radius 1 is 1.42 bits per heavy atom. The second-order valence-electron chi connectivity index (χ2n) is 3.66. The molecule has 1 N–H and O–H groups in total. The van der Waals surface area contributed by atoms with Crippen molar-refractivity contribution in [2.45, 2.75) is 19.3 Å². The molecule has 1 saturated heterocycles. The van der Waals surface area contributed by atoms with E-state index < -0.39 is 0 Å². The van der Waals surface area contributed by atoms with E-state index in [0.717, 1.165) is 19.3 Å². The number of imide groups is 1. The van der Waals surface area contributed by atoms with Crippen molar-refractivity contribution in [3.8, 4) is 0 Å². The highest BCUT2D eigenvalue weighted by Gasteiger charge is 2.49. The summed E-state index contributed by atoms with van der Waals surface area (Å²) in [4.78, 5) is 23.8. The maximum atomic E-state index is 11.6. The predicted molar refractivity (Wildman–Crippen MR) is 42.5 cm³/mol. The van der Waals surface area contributed by atoms with Gasteiger partial charge in [-0.25, -0.2) is 4.79 Å². The molecule has 1 aliphatic carbocycles. The topological polar surface area (TPSA) is 49.4 Å². The molecule has 1 spiro atoms. The van der Waals surface area contributed by atoms with Crippen molar-refractivity contribution in [3.05, 3.63) is 0 Å². The maximum Gasteiger partial charge on any atom is 0.323 e. The molecule has 1 aliphatic heterocycles. The van der Waals surface area contributed by atoms with Gasteiger partial charge in [0.05, 0.1) is 5.41 Å². The van der Waals surface area contributed by atoms with Crippen LogP contribution in [0.1, 0.15) is 19.3 Å². The van der Waals surface area contributed by atoms with Crippen LogP contribution in [0, 0.1) is 5.41 Å². The lowest BCUT2D eigenvalue weighted by molar-refractivity contribution is -0.144. The standard InChI is InChI=1S/C8H12N2O2/c1-10-6(11)8(3-2-4-8)5-9-7(10)12/h2-5H2,1H3,(H,9,12). The molecule has 66 valence electrons. The van der Waals surface area contributed by atoms with Gasteiger partial charge in [-0.2, -0.15) is 0 Å². The number of rotatable bonds is 0. The van der Waals surface area contributed by atoms with Crippen LogP contribution in [0.2, 0.25) is 0 Å². The quantitative estimate of drug-likeness (QED) is 0.567. The summed E-state index contributed by atoms with van der Waals surface area (Å²) in [6.07, 6.45) is 2.96. The Labute approximate surface area is 70.9 Å². The van der Waals surface area contributed by atoms with E-state index in [0.29, 0.717) is 6.54 Å². The first-order valence-electron chi connectivity index (χ1n) is 4.22. The Morgan fingerprint density at radius 2 is 2.08 bits per heavy atom. The molecular formula is C8H12N2O2. The zero-order chi connectivity index (χ0) is 8.77. The summed E-state index contributed by atoms with van der Waals surface area (Å²) in [6.45, 7) is 0.537. The van der Waals surface area contributed by atoms with Crippen LogP contribution in [0.5, 0.6) is 0 Å². The van der Waals surface area contributed by atoms with Gasteiger partial charge in [0.2, 0.25) is 5.91 Å². The summed E-state index contributed by atoms with van der Waals surface area (Å²) in [5, 5.41) is 2.72. The molecular weight excluding hydrogens is 156 g/mol. The summed E-state index contributed by atoms with van der Waals surface area (Å²) in [6, 6.07) is -0.266. The zero-order valence-corrected chi connectivity index (χ0v) is 7.09. The minimum Gasteiger partial charge on any atom is -0.337 e. The van der Waals surface area contributed by atoms with E-state index in [1.165, 1.54) is 11.9 Å². The van der Waals surface area contributed by atoms with Crippen molar-refractivity contribution in [1.82, 2.24) is 10.2 Å². The highest BCUT2D eigenvalue weighted by molar-refractivity contribution is 6.00. The molecule has 0 atom stereocenters. The molecule has 0 aromatic heterocycles. The van der Waals surface area contributed by atoms with E-state index in [1.54, 1.807) is 0 Å². The Bertz CT molecular complexity index is 245. The Morgan fingerprint density at radius 3 is 2.58 bits per heavy atom. The number of urea groups is 1. The molecule has 0 aromatic rings. The minimum atomic E-state index is -0.266. The lowest BCUT2D eigenvalue weighted by atomic mass is 9.67. The van der Waals surface area contributed by atoms with Gasteiger partial charge < -0.3 is 5.32 Å². The van der Waals surface area contributed by atoms with Crippen LogP contribution < -0.4 is 5.32 Å². The van der Waals surface area contributed by atoms with Gasteiger partial charge in [-0.3, -0.25) is 9.69 Å². The van der Waals surface area contributed by atoms with E-state index in [-0.39, 0.29) is 17.4 Å². The summed E-state index contributed by atoms with van der Waals surface area (Å²) in [7, 11) is 1.54. The SMILES string of the molecule is CN1C(=O)NCC2(CCC2)C1=O. The van der Waals surface area contributed by atoms with Crippen LogP contribution in [0.15, 0.2) is 0 Å². The summed E-state index contributed by atoms with van der Waals surface area (Å²) >= 11 is 0. The molecule has 0 bridgehead atoms. The predicted octanol–water partition coefficient (Wildman–Crippen LogP) is 0.338. The lowest BCUT2D eigenvalue weighted by Crippen LogP contribution is -2.61. The smallest absolute Gasteiger partial charge is 0.323 e. The van der Waals surface area contributed by atoms with Crippen molar-refractivity contribution in [1.29, 1.82) is 0 Å².